The van der Waals surface area contributed by atoms with Crippen molar-refractivity contribution in [1.82, 2.24) is 0 Å². The Hall–Kier alpha value is -2.47. The van der Waals surface area contributed by atoms with E-state index >= 15 is 0 Å². The maximum atomic E-state index is 13.3. The number of amides is 1. The molecule has 0 saturated heterocycles. The molecule has 0 unspecified atom stereocenters. The Bertz CT molecular complexity index is 647. The average molecular weight is 293 g/mol. The van der Waals surface area contributed by atoms with Gasteiger partial charge in [0.05, 0.1) is 6.61 Å². The number of benzene rings is 2. The molecule has 0 radical (unpaired) electrons. The smallest absolute Gasteiger partial charge is 0.262 e. The molecule has 2 N–H and O–H groups in total. The zero-order chi connectivity index (χ0) is 15.2. The van der Waals surface area contributed by atoms with Gasteiger partial charge >= 0.3 is 0 Å². The van der Waals surface area contributed by atoms with Crippen molar-refractivity contribution in [3.8, 4) is 5.75 Å². The summed E-state index contributed by atoms with van der Waals surface area (Å²) in [5.41, 5.74) is 1.15. The number of hydrogen-bond acceptors (Lipinski definition) is 3. The van der Waals surface area contributed by atoms with E-state index in [0.29, 0.717) is 17.3 Å². The average Bonchev–Trinajstić information content (AvgIpc) is 2.46. The molecule has 6 heteroatoms. The van der Waals surface area contributed by atoms with E-state index in [1.807, 2.05) is 0 Å². The zero-order valence-corrected chi connectivity index (χ0v) is 11.0. The van der Waals surface area contributed by atoms with Crippen LogP contribution in [0.15, 0.2) is 42.5 Å². The highest BCUT2D eigenvalue weighted by Gasteiger charge is 2.08. The molecule has 2 rings (SSSR count). The van der Waals surface area contributed by atoms with Gasteiger partial charge in [-0.25, -0.2) is 8.78 Å². The van der Waals surface area contributed by atoms with E-state index < -0.39 is 24.1 Å². The summed E-state index contributed by atoms with van der Waals surface area (Å²) in [4.78, 5) is 11.7. The molecule has 0 heterocycles. The molecule has 0 spiro atoms. The third-order valence-corrected chi connectivity index (χ3v) is 2.65. The van der Waals surface area contributed by atoms with Crippen LogP contribution in [0.1, 0.15) is 5.56 Å². The molecule has 0 aromatic heterocycles. The van der Waals surface area contributed by atoms with Crippen LogP contribution >= 0.6 is 0 Å². The molecule has 21 heavy (non-hydrogen) atoms. The van der Waals surface area contributed by atoms with E-state index in [1.54, 1.807) is 24.3 Å². The lowest BCUT2D eigenvalue weighted by Crippen LogP contribution is -2.20. The number of nitrogens with one attached hydrogen (secondary N) is 1. The summed E-state index contributed by atoms with van der Waals surface area (Å²) in [5, 5.41) is 11.5. The molecular formula is C15H13F2NO3. The van der Waals surface area contributed by atoms with E-state index in [2.05, 4.69) is 5.32 Å². The van der Waals surface area contributed by atoms with Crippen molar-refractivity contribution in [2.24, 2.45) is 0 Å². The minimum Gasteiger partial charge on any atom is -0.481 e. The molecule has 0 saturated carbocycles. The first kappa shape index (κ1) is 14.9. The Balaban J connectivity index is 1.92. The largest absolute Gasteiger partial charge is 0.481 e. The minimum absolute atomic E-state index is 0.138. The number of ether oxygens (including phenoxy) is 1. The quantitative estimate of drug-likeness (QED) is 0.890. The van der Waals surface area contributed by atoms with Gasteiger partial charge in [0.1, 0.15) is 5.82 Å². The summed E-state index contributed by atoms with van der Waals surface area (Å²) >= 11 is 0. The topological polar surface area (TPSA) is 58.6 Å². The first-order valence-corrected chi connectivity index (χ1v) is 6.16. The van der Waals surface area contributed by atoms with Crippen molar-refractivity contribution in [2.75, 3.05) is 11.9 Å². The highest BCUT2D eigenvalue weighted by molar-refractivity contribution is 5.91. The predicted molar refractivity (Wildman–Crippen MR) is 72.8 cm³/mol. The van der Waals surface area contributed by atoms with Crippen LogP contribution in [0.25, 0.3) is 0 Å². The second kappa shape index (κ2) is 6.81. The Kier molecular flexibility index (Phi) is 4.84. The maximum absolute atomic E-state index is 13.3. The lowest BCUT2D eigenvalue weighted by molar-refractivity contribution is -0.118. The molecule has 2 aromatic rings. The van der Waals surface area contributed by atoms with E-state index in [1.165, 1.54) is 0 Å². The molecular weight excluding hydrogens is 280 g/mol. The van der Waals surface area contributed by atoms with Gasteiger partial charge in [-0.15, -0.1) is 0 Å². The van der Waals surface area contributed by atoms with Gasteiger partial charge < -0.3 is 15.2 Å². The van der Waals surface area contributed by atoms with Crippen molar-refractivity contribution in [3.05, 3.63) is 59.7 Å². The molecule has 0 atom stereocenters. The first-order chi connectivity index (χ1) is 10.1. The number of aliphatic hydroxyl groups is 1. The van der Waals surface area contributed by atoms with E-state index in [0.717, 1.165) is 12.1 Å². The molecule has 110 valence electrons. The van der Waals surface area contributed by atoms with Crippen LogP contribution in [-0.2, 0) is 11.4 Å². The van der Waals surface area contributed by atoms with Crippen molar-refractivity contribution in [3.63, 3.8) is 0 Å². The fraction of sp³-hybridized carbons (Fsp3) is 0.133. The predicted octanol–water partition coefficient (Wildman–Crippen LogP) is 2.47. The SMILES string of the molecule is O=C(COc1ccc(F)cc1F)Nc1cccc(CO)c1. The number of aliphatic hydroxyl groups excluding tert-OH is 1. The van der Waals surface area contributed by atoms with Crippen molar-refractivity contribution < 1.29 is 23.4 Å². The standard InChI is InChI=1S/C15H13F2NO3/c16-11-4-5-14(13(17)7-11)21-9-15(20)18-12-3-1-2-10(6-12)8-19/h1-7,19H,8-9H2,(H,18,20). The van der Waals surface area contributed by atoms with Crippen molar-refractivity contribution in [2.45, 2.75) is 6.61 Å². The Labute approximate surface area is 120 Å². The molecule has 0 aliphatic rings. The summed E-state index contributed by atoms with van der Waals surface area (Å²) in [6, 6.07) is 9.48. The number of carbonyl (C=O) groups is 1. The summed E-state index contributed by atoms with van der Waals surface area (Å²) < 4.78 is 31.0. The summed E-state index contributed by atoms with van der Waals surface area (Å²) in [5.74, 6) is -2.28. The summed E-state index contributed by atoms with van der Waals surface area (Å²) in [7, 11) is 0. The van der Waals surface area contributed by atoms with Crippen LogP contribution in [0.2, 0.25) is 0 Å². The van der Waals surface area contributed by atoms with Crippen molar-refractivity contribution in [1.29, 1.82) is 0 Å². The molecule has 0 fully saturated rings. The van der Waals surface area contributed by atoms with Gasteiger partial charge in [-0.1, -0.05) is 12.1 Å². The van der Waals surface area contributed by atoms with Gasteiger partial charge in [0.2, 0.25) is 0 Å². The second-order valence-corrected chi connectivity index (χ2v) is 4.27. The highest BCUT2D eigenvalue weighted by atomic mass is 19.1. The third-order valence-electron chi connectivity index (χ3n) is 2.65. The molecule has 4 nitrogen and oxygen atoms in total. The number of anilines is 1. The molecule has 0 aliphatic carbocycles. The number of carbonyl (C=O) groups excluding carboxylic acids is 1. The highest BCUT2D eigenvalue weighted by Crippen LogP contribution is 2.17. The first-order valence-electron chi connectivity index (χ1n) is 6.16. The molecule has 1 amide bonds. The van der Waals surface area contributed by atoms with E-state index in [4.69, 9.17) is 9.84 Å². The fourth-order valence-electron chi connectivity index (χ4n) is 1.68. The van der Waals surface area contributed by atoms with Gasteiger partial charge in [-0.05, 0) is 29.8 Å². The van der Waals surface area contributed by atoms with Gasteiger partial charge in [-0.2, -0.15) is 0 Å². The summed E-state index contributed by atoms with van der Waals surface area (Å²) in [6.45, 7) is -0.549. The Morgan fingerprint density at radius 3 is 2.71 bits per heavy atom. The van der Waals surface area contributed by atoms with Crippen LogP contribution in [-0.4, -0.2) is 17.6 Å². The Morgan fingerprint density at radius 1 is 1.19 bits per heavy atom. The molecule has 2 aromatic carbocycles. The van der Waals surface area contributed by atoms with Crippen LogP contribution in [0.5, 0.6) is 5.75 Å². The van der Waals surface area contributed by atoms with Crippen LogP contribution in [0, 0.1) is 11.6 Å². The number of rotatable bonds is 5. The van der Waals surface area contributed by atoms with Gasteiger partial charge in [0, 0.05) is 11.8 Å². The second-order valence-electron chi connectivity index (χ2n) is 4.27. The van der Waals surface area contributed by atoms with E-state index in [-0.39, 0.29) is 12.4 Å². The molecule has 0 aliphatic heterocycles. The normalized spacial score (nSPS) is 10.2. The zero-order valence-electron chi connectivity index (χ0n) is 11.0. The minimum atomic E-state index is -0.870. The van der Waals surface area contributed by atoms with E-state index in [9.17, 15) is 13.6 Å². The van der Waals surface area contributed by atoms with Gasteiger partial charge in [0.25, 0.3) is 5.91 Å². The lowest BCUT2D eigenvalue weighted by atomic mass is 10.2. The van der Waals surface area contributed by atoms with Crippen LogP contribution < -0.4 is 10.1 Å². The van der Waals surface area contributed by atoms with Crippen LogP contribution in [0.3, 0.4) is 0 Å². The van der Waals surface area contributed by atoms with Crippen LogP contribution in [0.4, 0.5) is 14.5 Å². The lowest BCUT2D eigenvalue weighted by Gasteiger charge is -2.09. The van der Waals surface area contributed by atoms with Gasteiger partial charge in [0.15, 0.2) is 18.2 Å². The third kappa shape index (κ3) is 4.25. The Morgan fingerprint density at radius 2 is 2.00 bits per heavy atom. The maximum Gasteiger partial charge on any atom is 0.262 e. The van der Waals surface area contributed by atoms with Gasteiger partial charge in [-0.3, -0.25) is 4.79 Å². The number of hydrogen-bond donors (Lipinski definition) is 2. The molecule has 0 bridgehead atoms. The number of halogens is 2. The van der Waals surface area contributed by atoms with Crippen molar-refractivity contribution >= 4 is 11.6 Å². The fourth-order valence-corrected chi connectivity index (χ4v) is 1.68. The monoisotopic (exact) mass is 293 g/mol. The summed E-state index contributed by atoms with van der Waals surface area (Å²) in [6.07, 6.45) is 0.